The molecule has 0 N–H and O–H groups in total. The van der Waals surface area contributed by atoms with Gasteiger partial charge in [-0.3, -0.25) is 0 Å². The molecule has 6 rings (SSSR count). The number of hydrogen-bond acceptors (Lipinski definition) is 4. The molecule has 0 fully saturated rings. The monoisotopic (exact) mass is 394 g/mol. The van der Waals surface area contributed by atoms with Crippen LogP contribution in [0.15, 0.2) is 79.1 Å². The highest BCUT2D eigenvalue weighted by Crippen LogP contribution is 2.38. The Bertz CT molecular complexity index is 1370. The summed E-state index contributed by atoms with van der Waals surface area (Å²) in [4.78, 5) is 4.99. The van der Waals surface area contributed by atoms with Gasteiger partial charge in [-0.05, 0) is 36.8 Å². The third-order valence-corrected chi connectivity index (χ3v) is 5.35. The van der Waals surface area contributed by atoms with E-state index in [0.717, 1.165) is 51.0 Å². The van der Waals surface area contributed by atoms with Crippen molar-refractivity contribution in [3.8, 4) is 39.7 Å². The molecule has 0 saturated heterocycles. The molecule has 0 spiro atoms. The molecule has 0 unspecified atom stereocenters. The zero-order chi connectivity index (χ0) is 20.1. The zero-order valence-corrected chi connectivity index (χ0v) is 16.3. The minimum Gasteiger partial charge on any atom is -0.454 e. The van der Waals surface area contributed by atoms with Crippen LogP contribution in [0.5, 0.6) is 11.5 Å². The number of nitrogens with zero attached hydrogens (tertiary/aromatic N) is 4. The average molecular weight is 394 g/mol. The van der Waals surface area contributed by atoms with Crippen LogP contribution in [0.3, 0.4) is 0 Å². The molecule has 1 aliphatic heterocycles. The molecule has 2 aromatic carbocycles. The van der Waals surface area contributed by atoms with E-state index in [1.54, 1.807) is 0 Å². The Morgan fingerprint density at radius 3 is 2.47 bits per heavy atom. The van der Waals surface area contributed by atoms with Crippen LogP contribution in [0.25, 0.3) is 33.8 Å². The second-order valence-corrected chi connectivity index (χ2v) is 7.22. The predicted molar refractivity (Wildman–Crippen MR) is 114 cm³/mol. The fourth-order valence-electron chi connectivity index (χ4n) is 3.93. The molecule has 0 amide bonds. The van der Waals surface area contributed by atoms with Crippen LogP contribution in [0.4, 0.5) is 0 Å². The van der Waals surface area contributed by atoms with E-state index in [1.165, 1.54) is 0 Å². The molecule has 0 saturated carbocycles. The van der Waals surface area contributed by atoms with Gasteiger partial charge in [0.05, 0.1) is 11.4 Å². The molecule has 0 atom stereocenters. The second-order valence-electron chi connectivity index (χ2n) is 7.22. The quantitative estimate of drug-likeness (QED) is 0.437. The second kappa shape index (κ2) is 6.49. The maximum atomic E-state index is 5.59. The molecule has 6 nitrogen and oxygen atoms in total. The lowest BCUT2D eigenvalue weighted by Crippen LogP contribution is -2.02. The van der Waals surface area contributed by atoms with Gasteiger partial charge < -0.3 is 14.0 Å². The summed E-state index contributed by atoms with van der Waals surface area (Å²) in [5, 5.41) is 4.85. The Balaban J connectivity index is 1.65. The van der Waals surface area contributed by atoms with E-state index in [4.69, 9.17) is 19.6 Å². The van der Waals surface area contributed by atoms with Crippen molar-refractivity contribution in [1.82, 2.24) is 19.2 Å². The predicted octanol–water partition coefficient (Wildman–Crippen LogP) is 4.89. The zero-order valence-electron chi connectivity index (χ0n) is 16.3. The average Bonchev–Trinajstić information content (AvgIpc) is 3.52. The van der Waals surface area contributed by atoms with Crippen LogP contribution in [0.2, 0.25) is 0 Å². The van der Waals surface area contributed by atoms with E-state index in [9.17, 15) is 0 Å². The molecule has 146 valence electrons. The summed E-state index contributed by atoms with van der Waals surface area (Å²) >= 11 is 0. The highest BCUT2D eigenvalue weighted by Gasteiger charge is 2.21. The number of ether oxygens (including phenoxy) is 2. The van der Waals surface area contributed by atoms with Crippen LogP contribution in [-0.2, 0) is 0 Å². The lowest BCUT2D eigenvalue weighted by atomic mass is 10.1. The molecule has 0 aliphatic carbocycles. The third kappa shape index (κ3) is 2.58. The fourth-order valence-corrected chi connectivity index (χ4v) is 3.93. The molecule has 0 radical (unpaired) electrons. The van der Waals surface area contributed by atoms with Crippen molar-refractivity contribution in [3.63, 3.8) is 0 Å². The van der Waals surface area contributed by atoms with Crippen molar-refractivity contribution in [2.75, 3.05) is 6.79 Å². The standard InChI is InChI=1S/C24H18N4O2/c1-16-23(18-9-10-20-21(13-18)30-15-29-20)24-25-22(27-11-5-6-12-27)14-19(28(24)26-16)17-7-3-2-4-8-17/h2-14H,15H2,1H3. The summed E-state index contributed by atoms with van der Waals surface area (Å²) in [6.45, 7) is 2.26. The molecule has 1 aliphatic rings. The highest BCUT2D eigenvalue weighted by molar-refractivity contribution is 5.83. The summed E-state index contributed by atoms with van der Waals surface area (Å²) in [6, 6.07) is 22.3. The number of hydrogen-bond donors (Lipinski definition) is 0. The number of aryl methyl sites for hydroxylation is 1. The molecule has 30 heavy (non-hydrogen) atoms. The van der Waals surface area contributed by atoms with E-state index in [-0.39, 0.29) is 6.79 Å². The van der Waals surface area contributed by atoms with Gasteiger partial charge in [0.15, 0.2) is 17.1 Å². The first kappa shape index (κ1) is 16.9. The van der Waals surface area contributed by atoms with E-state index in [1.807, 2.05) is 76.9 Å². The van der Waals surface area contributed by atoms with Gasteiger partial charge in [0.2, 0.25) is 6.79 Å². The van der Waals surface area contributed by atoms with Crippen molar-refractivity contribution in [1.29, 1.82) is 0 Å². The van der Waals surface area contributed by atoms with Gasteiger partial charge in [0, 0.05) is 29.6 Å². The lowest BCUT2D eigenvalue weighted by molar-refractivity contribution is 0.174. The van der Waals surface area contributed by atoms with E-state index < -0.39 is 0 Å². The number of fused-ring (bicyclic) bond motifs is 2. The summed E-state index contributed by atoms with van der Waals surface area (Å²) in [7, 11) is 0. The normalized spacial score (nSPS) is 12.6. The molecule has 5 aromatic rings. The van der Waals surface area contributed by atoms with Gasteiger partial charge >= 0.3 is 0 Å². The molecule has 3 aromatic heterocycles. The summed E-state index contributed by atoms with van der Waals surface area (Å²) in [6.07, 6.45) is 3.99. The van der Waals surface area contributed by atoms with Crippen molar-refractivity contribution in [3.05, 3.63) is 84.8 Å². The minimum atomic E-state index is 0.251. The van der Waals surface area contributed by atoms with Crippen LogP contribution in [0, 0.1) is 6.92 Å². The number of aromatic nitrogens is 4. The van der Waals surface area contributed by atoms with Crippen LogP contribution >= 0.6 is 0 Å². The molecular weight excluding hydrogens is 376 g/mol. The van der Waals surface area contributed by atoms with Crippen molar-refractivity contribution < 1.29 is 9.47 Å². The van der Waals surface area contributed by atoms with Crippen LogP contribution in [0.1, 0.15) is 5.69 Å². The smallest absolute Gasteiger partial charge is 0.231 e. The third-order valence-electron chi connectivity index (χ3n) is 5.35. The first-order chi connectivity index (χ1) is 14.8. The van der Waals surface area contributed by atoms with Crippen molar-refractivity contribution in [2.45, 2.75) is 6.92 Å². The van der Waals surface area contributed by atoms with Gasteiger partial charge in [-0.25, -0.2) is 9.50 Å². The SMILES string of the molecule is Cc1nn2c(-c3ccccc3)cc(-n3cccc3)nc2c1-c1ccc2c(c1)OCO2. The Hall–Kier alpha value is -4.06. The summed E-state index contributed by atoms with van der Waals surface area (Å²) in [5.41, 5.74) is 5.76. The van der Waals surface area contributed by atoms with Crippen molar-refractivity contribution >= 4 is 5.65 Å². The Labute approximate surface area is 172 Å². The number of rotatable bonds is 3. The Morgan fingerprint density at radius 1 is 0.833 bits per heavy atom. The summed E-state index contributed by atoms with van der Waals surface area (Å²) in [5.74, 6) is 2.35. The van der Waals surface area contributed by atoms with E-state index in [2.05, 4.69) is 18.2 Å². The molecule has 6 heteroatoms. The Kier molecular flexibility index (Phi) is 3.64. The van der Waals surface area contributed by atoms with Gasteiger partial charge in [0.25, 0.3) is 0 Å². The molecule has 4 heterocycles. The lowest BCUT2D eigenvalue weighted by Gasteiger charge is -2.10. The summed E-state index contributed by atoms with van der Waals surface area (Å²) < 4.78 is 15.0. The van der Waals surface area contributed by atoms with E-state index in [0.29, 0.717) is 0 Å². The van der Waals surface area contributed by atoms with Gasteiger partial charge in [0.1, 0.15) is 5.82 Å². The van der Waals surface area contributed by atoms with Gasteiger partial charge in [-0.15, -0.1) is 0 Å². The largest absolute Gasteiger partial charge is 0.454 e. The minimum absolute atomic E-state index is 0.251. The van der Waals surface area contributed by atoms with E-state index >= 15 is 0 Å². The maximum absolute atomic E-state index is 5.59. The first-order valence-corrected chi connectivity index (χ1v) is 9.77. The van der Waals surface area contributed by atoms with Crippen LogP contribution in [-0.4, -0.2) is 26.0 Å². The molecular formula is C24H18N4O2. The number of benzene rings is 2. The van der Waals surface area contributed by atoms with Crippen LogP contribution < -0.4 is 9.47 Å². The van der Waals surface area contributed by atoms with Gasteiger partial charge in [-0.1, -0.05) is 36.4 Å². The van der Waals surface area contributed by atoms with Gasteiger partial charge in [-0.2, -0.15) is 5.10 Å². The Morgan fingerprint density at radius 2 is 1.63 bits per heavy atom. The first-order valence-electron chi connectivity index (χ1n) is 9.77. The topological polar surface area (TPSA) is 53.6 Å². The van der Waals surface area contributed by atoms with Crippen molar-refractivity contribution in [2.24, 2.45) is 0 Å². The molecule has 0 bridgehead atoms. The highest BCUT2D eigenvalue weighted by atomic mass is 16.7. The maximum Gasteiger partial charge on any atom is 0.231 e. The fraction of sp³-hybridized carbons (Fsp3) is 0.0833.